The second kappa shape index (κ2) is 6.87. The lowest BCUT2D eigenvalue weighted by Crippen LogP contribution is -2.23. The van der Waals surface area contributed by atoms with Gasteiger partial charge in [0.25, 0.3) is 5.56 Å². The third kappa shape index (κ3) is 3.38. The normalized spacial score (nSPS) is 10.4. The predicted molar refractivity (Wildman–Crippen MR) is 88.6 cm³/mol. The van der Waals surface area contributed by atoms with Crippen molar-refractivity contribution in [2.45, 2.75) is 6.54 Å². The minimum Gasteiger partial charge on any atom is -0.465 e. The fraction of sp³-hybridized carbons (Fsp3) is 0.111. The molecule has 120 valence electrons. The highest BCUT2D eigenvalue weighted by Crippen LogP contribution is 2.13. The highest BCUT2D eigenvalue weighted by Gasteiger charge is 2.08. The van der Waals surface area contributed by atoms with Crippen molar-refractivity contribution in [1.29, 1.82) is 0 Å². The molecular formula is C18H15N3O3. The number of ether oxygens (including phenoxy) is 1. The first-order valence-corrected chi connectivity index (χ1v) is 7.33. The van der Waals surface area contributed by atoms with Crippen LogP contribution in [0.4, 0.5) is 0 Å². The first-order chi connectivity index (χ1) is 11.7. The largest absolute Gasteiger partial charge is 0.465 e. The smallest absolute Gasteiger partial charge is 0.337 e. The molecule has 0 amide bonds. The maximum Gasteiger partial charge on any atom is 0.337 e. The zero-order valence-electron chi connectivity index (χ0n) is 13.0. The van der Waals surface area contributed by atoms with Crippen molar-refractivity contribution in [3.05, 3.63) is 82.4 Å². The van der Waals surface area contributed by atoms with Crippen LogP contribution in [0.1, 0.15) is 15.9 Å². The van der Waals surface area contributed by atoms with Crippen LogP contribution in [0.15, 0.2) is 65.7 Å². The van der Waals surface area contributed by atoms with E-state index >= 15 is 0 Å². The van der Waals surface area contributed by atoms with Gasteiger partial charge < -0.3 is 4.74 Å². The van der Waals surface area contributed by atoms with Crippen molar-refractivity contribution in [2.75, 3.05) is 7.11 Å². The van der Waals surface area contributed by atoms with Gasteiger partial charge in [0.05, 0.1) is 24.9 Å². The minimum absolute atomic E-state index is 0.217. The summed E-state index contributed by atoms with van der Waals surface area (Å²) < 4.78 is 6.07. The molecule has 0 bridgehead atoms. The zero-order valence-corrected chi connectivity index (χ0v) is 13.0. The summed E-state index contributed by atoms with van der Waals surface area (Å²) in [7, 11) is 1.33. The molecule has 0 spiro atoms. The third-order valence-corrected chi connectivity index (χ3v) is 3.50. The van der Waals surface area contributed by atoms with Crippen molar-refractivity contribution in [2.24, 2.45) is 0 Å². The maximum atomic E-state index is 12.1. The number of carbonyl (C=O) groups excluding carboxylic acids is 1. The van der Waals surface area contributed by atoms with E-state index in [2.05, 4.69) is 10.1 Å². The lowest BCUT2D eigenvalue weighted by atomic mass is 10.1. The average molecular weight is 321 g/mol. The van der Waals surface area contributed by atoms with E-state index in [1.165, 1.54) is 17.9 Å². The van der Waals surface area contributed by atoms with Gasteiger partial charge >= 0.3 is 5.97 Å². The number of nitrogens with zero attached hydrogens (tertiary/aromatic N) is 3. The molecule has 0 fully saturated rings. The molecule has 0 saturated carbocycles. The lowest BCUT2D eigenvalue weighted by Gasteiger charge is -2.08. The number of hydrogen-bond donors (Lipinski definition) is 0. The summed E-state index contributed by atoms with van der Waals surface area (Å²) in [4.78, 5) is 27.7. The number of rotatable bonds is 4. The van der Waals surface area contributed by atoms with Crippen LogP contribution in [0, 0.1) is 0 Å². The van der Waals surface area contributed by atoms with Crippen LogP contribution in [-0.2, 0) is 11.3 Å². The Labute approximate surface area is 138 Å². The molecule has 0 unspecified atom stereocenters. The van der Waals surface area contributed by atoms with Crippen molar-refractivity contribution in [3.8, 4) is 11.3 Å². The number of hydrogen-bond acceptors (Lipinski definition) is 5. The summed E-state index contributed by atoms with van der Waals surface area (Å²) >= 11 is 0. The Morgan fingerprint density at radius 2 is 2.04 bits per heavy atom. The molecular weight excluding hydrogens is 306 g/mol. The second-order valence-electron chi connectivity index (χ2n) is 5.15. The van der Waals surface area contributed by atoms with Crippen LogP contribution >= 0.6 is 0 Å². The van der Waals surface area contributed by atoms with Gasteiger partial charge in [-0.1, -0.05) is 12.1 Å². The molecule has 6 heteroatoms. The third-order valence-electron chi connectivity index (χ3n) is 3.50. The van der Waals surface area contributed by atoms with Crippen molar-refractivity contribution < 1.29 is 9.53 Å². The van der Waals surface area contributed by atoms with Crippen molar-refractivity contribution in [3.63, 3.8) is 0 Å². The molecule has 2 aromatic heterocycles. The number of aromatic nitrogens is 3. The van der Waals surface area contributed by atoms with E-state index in [9.17, 15) is 9.59 Å². The highest BCUT2D eigenvalue weighted by molar-refractivity contribution is 5.89. The first-order valence-electron chi connectivity index (χ1n) is 7.33. The fourth-order valence-electron chi connectivity index (χ4n) is 2.32. The number of esters is 1. The Hall–Kier alpha value is -3.28. The standard InChI is InChI=1S/C18H15N3O3/c1-24-18(23)14-5-2-4-13(10-14)12-21-17(22)8-7-16(20-21)15-6-3-9-19-11-15/h2-11H,12H2,1H3. The van der Waals surface area contributed by atoms with Crippen LogP contribution in [0.25, 0.3) is 11.3 Å². The van der Waals surface area contributed by atoms with Gasteiger partial charge in [-0.2, -0.15) is 5.10 Å². The molecule has 2 heterocycles. The van der Waals surface area contributed by atoms with E-state index in [1.54, 1.807) is 36.7 Å². The Balaban J connectivity index is 1.93. The van der Waals surface area contributed by atoms with Gasteiger partial charge in [0.1, 0.15) is 0 Å². The van der Waals surface area contributed by atoms with Gasteiger partial charge in [-0.25, -0.2) is 9.48 Å². The number of pyridine rings is 1. The molecule has 3 aromatic rings. The molecule has 6 nitrogen and oxygen atoms in total. The molecule has 0 N–H and O–H groups in total. The predicted octanol–water partition coefficient (Wildman–Crippen LogP) is 2.14. The van der Waals surface area contributed by atoms with Crippen molar-refractivity contribution in [1.82, 2.24) is 14.8 Å². The number of methoxy groups -OCH3 is 1. The van der Waals surface area contributed by atoms with Gasteiger partial charge in [-0.05, 0) is 35.9 Å². The topological polar surface area (TPSA) is 74.1 Å². The Morgan fingerprint density at radius 1 is 1.17 bits per heavy atom. The maximum absolute atomic E-state index is 12.1. The molecule has 0 radical (unpaired) electrons. The van der Waals surface area contributed by atoms with Crippen LogP contribution < -0.4 is 5.56 Å². The van der Waals surface area contributed by atoms with Gasteiger partial charge in [0, 0.05) is 24.0 Å². The fourth-order valence-corrected chi connectivity index (χ4v) is 2.32. The summed E-state index contributed by atoms with van der Waals surface area (Å²) in [5.74, 6) is -0.415. The summed E-state index contributed by atoms with van der Waals surface area (Å²) in [6.07, 6.45) is 3.37. The van der Waals surface area contributed by atoms with E-state index in [-0.39, 0.29) is 12.1 Å². The van der Waals surface area contributed by atoms with E-state index in [0.29, 0.717) is 11.3 Å². The Morgan fingerprint density at radius 3 is 2.79 bits per heavy atom. The molecule has 3 rings (SSSR count). The summed E-state index contributed by atoms with van der Waals surface area (Å²) in [6, 6.07) is 13.8. The number of benzene rings is 1. The van der Waals surface area contributed by atoms with E-state index < -0.39 is 5.97 Å². The highest BCUT2D eigenvalue weighted by atomic mass is 16.5. The molecule has 0 aliphatic carbocycles. The van der Waals surface area contributed by atoms with Gasteiger partial charge in [-0.15, -0.1) is 0 Å². The monoisotopic (exact) mass is 321 g/mol. The molecule has 0 aliphatic heterocycles. The number of carbonyl (C=O) groups is 1. The van der Waals surface area contributed by atoms with Gasteiger partial charge in [-0.3, -0.25) is 9.78 Å². The molecule has 1 aromatic carbocycles. The summed E-state index contributed by atoms with van der Waals surface area (Å²) in [5, 5.41) is 4.38. The second-order valence-corrected chi connectivity index (χ2v) is 5.15. The quantitative estimate of drug-likeness (QED) is 0.688. The van der Waals surface area contributed by atoms with Gasteiger partial charge in [0.15, 0.2) is 0 Å². The lowest BCUT2D eigenvalue weighted by molar-refractivity contribution is 0.0600. The van der Waals surface area contributed by atoms with E-state index in [0.717, 1.165) is 11.1 Å². The van der Waals surface area contributed by atoms with Crippen molar-refractivity contribution >= 4 is 5.97 Å². The molecule has 0 atom stereocenters. The van der Waals surface area contributed by atoms with E-state index in [4.69, 9.17) is 4.74 Å². The SMILES string of the molecule is COC(=O)c1cccc(Cn2nc(-c3cccnc3)ccc2=O)c1. The van der Waals surface area contributed by atoms with Crippen LogP contribution in [-0.4, -0.2) is 27.8 Å². The first kappa shape index (κ1) is 15.6. The Bertz CT molecular complexity index is 920. The van der Waals surface area contributed by atoms with Crippen LogP contribution in [0.2, 0.25) is 0 Å². The molecule has 0 aliphatic rings. The molecule has 0 saturated heterocycles. The summed E-state index contributed by atoms with van der Waals surface area (Å²) in [5.41, 5.74) is 2.50. The minimum atomic E-state index is -0.415. The average Bonchev–Trinajstić information content (AvgIpc) is 2.64. The zero-order chi connectivity index (χ0) is 16.9. The molecule has 24 heavy (non-hydrogen) atoms. The van der Waals surface area contributed by atoms with Crippen LogP contribution in [0.3, 0.4) is 0 Å². The summed E-state index contributed by atoms with van der Waals surface area (Å²) in [6.45, 7) is 0.262. The van der Waals surface area contributed by atoms with Gasteiger partial charge in [0.2, 0.25) is 0 Å². The van der Waals surface area contributed by atoms with Crippen LogP contribution in [0.5, 0.6) is 0 Å². The van der Waals surface area contributed by atoms with E-state index in [1.807, 2.05) is 18.2 Å². The Kier molecular flexibility index (Phi) is 4.47.